The van der Waals surface area contributed by atoms with Crippen molar-refractivity contribution in [1.29, 1.82) is 0 Å². The molecule has 1 amide bonds. The number of aromatic nitrogens is 1. The number of hydrogen-bond donors (Lipinski definition) is 1. The molecule has 0 saturated heterocycles. The lowest BCUT2D eigenvalue weighted by molar-refractivity contribution is -0.137. The quantitative estimate of drug-likeness (QED) is 0.940. The number of benzene rings is 1. The molecule has 6 heteroatoms. The fraction of sp³-hybridized carbons (Fsp3) is 0.200. The minimum atomic E-state index is -4.36. The van der Waals surface area contributed by atoms with E-state index >= 15 is 0 Å². The highest BCUT2D eigenvalue weighted by Crippen LogP contribution is 2.29. The molecule has 0 aliphatic rings. The highest BCUT2D eigenvalue weighted by Gasteiger charge is 2.30. The standard InChI is InChI=1S/C15H13F3N2O/c1-10(20-14(21)12-3-2-8-19-9-12)11-4-6-13(7-5-11)15(16,17)18/h2-10H,1H3,(H,20,21). The molecular formula is C15H13F3N2O. The van der Waals surface area contributed by atoms with Gasteiger partial charge in [0.05, 0.1) is 17.2 Å². The van der Waals surface area contributed by atoms with Crippen LogP contribution in [0.1, 0.15) is 34.5 Å². The molecule has 2 rings (SSSR count). The van der Waals surface area contributed by atoms with Gasteiger partial charge in [0.2, 0.25) is 0 Å². The number of nitrogens with zero attached hydrogens (tertiary/aromatic N) is 1. The number of halogens is 3. The number of pyridine rings is 1. The third-order valence-corrected chi connectivity index (χ3v) is 3.01. The molecule has 2 aromatic rings. The lowest BCUT2D eigenvalue weighted by Crippen LogP contribution is -2.26. The molecule has 1 unspecified atom stereocenters. The van der Waals surface area contributed by atoms with Crippen molar-refractivity contribution in [2.24, 2.45) is 0 Å². The van der Waals surface area contributed by atoms with Gasteiger partial charge in [-0.05, 0) is 36.8 Å². The van der Waals surface area contributed by atoms with Gasteiger partial charge < -0.3 is 5.32 Å². The van der Waals surface area contributed by atoms with Crippen molar-refractivity contribution in [3.05, 3.63) is 65.5 Å². The summed E-state index contributed by atoms with van der Waals surface area (Å²) < 4.78 is 37.4. The molecule has 1 aromatic heterocycles. The van der Waals surface area contributed by atoms with Crippen LogP contribution in [0.3, 0.4) is 0 Å². The third-order valence-electron chi connectivity index (χ3n) is 3.01. The highest BCUT2D eigenvalue weighted by molar-refractivity contribution is 5.94. The second-order valence-corrected chi connectivity index (χ2v) is 4.56. The maximum absolute atomic E-state index is 12.5. The zero-order valence-corrected chi connectivity index (χ0v) is 11.2. The van der Waals surface area contributed by atoms with Crippen molar-refractivity contribution in [2.45, 2.75) is 19.1 Å². The Balaban J connectivity index is 2.07. The van der Waals surface area contributed by atoms with Crippen LogP contribution < -0.4 is 5.32 Å². The normalized spacial score (nSPS) is 12.8. The zero-order chi connectivity index (χ0) is 15.5. The Hall–Kier alpha value is -2.37. The van der Waals surface area contributed by atoms with Gasteiger partial charge in [-0.3, -0.25) is 9.78 Å². The Kier molecular flexibility index (Phi) is 4.26. The predicted octanol–water partition coefficient (Wildman–Crippen LogP) is 3.59. The van der Waals surface area contributed by atoms with Crippen LogP contribution in [0.5, 0.6) is 0 Å². The van der Waals surface area contributed by atoms with Crippen molar-refractivity contribution in [2.75, 3.05) is 0 Å². The second-order valence-electron chi connectivity index (χ2n) is 4.56. The first-order valence-electron chi connectivity index (χ1n) is 6.26. The lowest BCUT2D eigenvalue weighted by Gasteiger charge is -2.15. The Bertz CT molecular complexity index is 609. The number of nitrogens with one attached hydrogen (secondary N) is 1. The van der Waals surface area contributed by atoms with Crippen LogP contribution in [0.25, 0.3) is 0 Å². The molecule has 0 fully saturated rings. The van der Waals surface area contributed by atoms with E-state index in [9.17, 15) is 18.0 Å². The summed E-state index contributed by atoms with van der Waals surface area (Å²) in [7, 11) is 0. The molecule has 0 aliphatic carbocycles. The summed E-state index contributed by atoms with van der Waals surface area (Å²) in [4.78, 5) is 15.8. The van der Waals surface area contributed by atoms with Crippen molar-refractivity contribution >= 4 is 5.91 Å². The summed E-state index contributed by atoms with van der Waals surface area (Å²) in [6.07, 6.45) is -1.38. The summed E-state index contributed by atoms with van der Waals surface area (Å²) in [6.45, 7) is 1.71. The summed E-state index contributed by atoms with van der Waals surface area (Å²) in [5.74, 6) is -0.324. The molecule has 1 heterocycles. The average Bonchev–Trinajstić information content (AvgIpc) is 2.47. The number of carbonyl (C=O) groups excluding carboxylic acids is 1. The van der Waals surface area contributed by atoms with Gasteiger partial charge in [0.15, 0.2) is 0 Å². The molecule has 110 valence electrons. The number of rotatable bonds is 3. The van der Waals surface area contributed by atoms with Gasteiger partial charge in [-0.25, -0.2) is 0 Å². The second kappa shape index (κ2) is 5.95. The first kappa shape index (κ1) is 15.0. The molecule has 0 radical (unpaired) electrons. The molecule has 3 nitrogen and oxygen atoms in total. The summed E-state index contributed by atoms with van der Waals surface area (Å²) in [5.41, 5.74) is 0.286. The number of hydrogen-bond acceptors (Lipinski definition) is 2. The molecule has 0 spiro atoms. The smallest absolute Gasteiger partial charge is 0.345 e. The highest BCUT2D eigenvalue weighted by atomic mass is 19.4. The minimum Gasteiger partial charge on any atom is -0.345 e. The van der Waals surface area contributed by atoms with Crippen LogP contribution in [0.4, 0.5) is 13.2 Å². The topological polar surface area (TPSA) is 42.0 Å². The average molecular weight is 294 g/mol. The van der Waals surface area contributed by atoms with E-state index in [1.54, 1.807) is 25.3 Å². The van der Waals surface area contributed by atoms with Crippen molar-refractivity contribution in [3.8, 4) is 0 Å². The van der Waals surface area contributed by atoms with Crippen LogP contribution in [-0.2, 0) is 6.18 Å². The summed E-state index contributed by atoms with van der Waals surface area (Å²) in [5, 5.41) is 2.71. The molecule has 0 bridgehead atoms. The number of alkyl halides is 3. The van der Waals surface area contributed by atoms with Gasteiger partial charge in [-0.2, -0.15) is 13.2 Å². The Morgan fingerprint density at radius 3 is 2.38 bits per heavy atom. The van der Waals surface area contributed by atoms with Gasteiger partial charge in [0, 0.05) is 12.4 Å². The maximum atomic E-state index is 12.5. The Morgan fingerprint density at radius 2 is 1.86 bits per heavy atom. The SMILES string of the molecule is CC(NC(=O)c1cccnc1)c1ccc(C(F)(F)F)cc1. The van der Waals surface area contributed by atoms with E-state index in [0.717, 1.165) is 12.1 Å². The molecule has 1 atom stereocenters. The van der Waals surface area contributed by atoms with Crippen molar-refractivity contribution in [3.63, 3.8) is 0 Å². The summed E-state index contributed by atoms with van der Waals surface area (Å²) in [6, 6.07) is 7.57. The van der Waals surface area contributed by atoms with Crippen LogP contribution in [0, 0.1) is 0 Å². The van der Waals surface area contributed by atoms with Gasteiger partial charge in [-0.1, -0.05) is 12.1 Å². The fourth-order valence-corrected chi connectivity index (χ4v) is 1.82. The number of carbonyl (C=O) groups is 1. The Labute approximate surface area is 119 Å². The molecule has 1 N–H and O–H groups in total. The van der Waals surface area contributed by atoms with E-state index in [0.29, 0.717) is 11.1 Å². The van der Waals surface area contributed by atoms with Crippen LogP contribution in [0.15, 0.2) is 48.8 Å². The minimum absolute atomic E-state index is 0.324. The first-order chi connectivity index (χ1) is 9.88. The molecule has 1 aromatic carbocycles. The van der Waals surface area contributed by atoms with E-state index in [1.165, 1.54) is 18.3 Å². The molecule has 0 saturated carbocycles. The van der Waals surface area contributed by atoms with Gasteiger partial charge >= 0.3 is 6.18 Å². The van der Waals surface area contributed by atoms with Crippen molar-refractivity contribution in [1.82, 2.24) is 10.3 Å². The van der Waals surface area contributed by atoms with Crippen LogP contribution in [-0.4, -0.2) is 10.9 Å². The largest absolute Gasteiger partial charge is 0.416 e. The monoisotopic (exact) mass is 294 g/mol. The van der Waals surface area contributed by atoms with E-state index in [1.807, 2.05) is 0 Å². The zero-order valence-electron chi connectivity index (χ0n) is 11.2. The maximum Gasteiger partial charge on any atom is 0.416 e. The van der Waals surface area contributed by atoms with Crippen molar-refractivity contribution < 1.29 is 18.0 Å². The predicted molar refractivity (Wildman–Crippen MR) is 71.6 cm³/mol. The third kappa shape index (κ3) is 3.81. The Morgan fingerprint density at radius 1 is 1.19 bits per heavy atom. The van der Waals surface area contributed by atoms with E-state index < -0.39 is 17.8 Å². The van der Waals surface area contributed by atoms with Crippen LogP contribution in [0.2, 0.25) is 0 Å². The lowest BCUT2D eigenvalue weighted by atomic mass is 10.1. The molecule has 21 heavy (non-hydrogen) atoms. The number of amides is 1. The molecular weight excluding hydrogens is 281 g/mol. The van der Waals surface area contributed by atoms with Crippen LogP contribution >= 0.6 is 0 Å². The fourth-order valence-electron chi connectivity index (χ4n) is 1.82. The van der Waals surface area contributed by atoms with Gasteiger partial charge in [0.25, 0.3) is 5.91 Å². The van der Waals surface area contributed by atoms with Gasteiger partial charge in [0.1, 0.15) is 0 Å². The first-order valence-corrected chi connectivity index (χ1v) is 6.26. The van der Waals surface area contributed by atoms with E-state index in [2.05, 4.69) is 10.3 Å². The van der Waals surface area contributed by atoms with E-state index in [4.69, 9.17) is 0 Å². The molecule has 0 aliphatic heterocycles. The van der Waals surface area contributed by atoms with Gasteiger partial charge in [-0.15, -0.1) is 0 Å². The van der Waals surface area contributed by atoms with E-state index in [-0.39, 0.29) is 5.91 Å². The summed E-state index contributed by atoms with van der Waals surface area (Å²) >= 11 is 0.